The third-order valence-electron chi connectivity index (χ3n) is 7.10. The first-order chi connectivity index (χ1) is 17.2. The molecule has 0 amide bonds. The third-order valence-corrected chi connectivity index (χ3v) is 7.43. The molecule has 0 saturated heterocycles. The van der Waals surface area contributed by atoms with Gasteiger partial charge in [-0.1, -0.05) is 115 Å². The van der Waals surface area contributed by atoms with Crippen molar-refractivity contribution >= 4 is 54.7 Å². The number of benzene rings is 7. The molecule has 164 valence electrons. The summed E-state index contributed by atoms with van der Waals surface area (Å²) in [4.78, 5) is 0. The monoisotopic (exact) mass is 464 g/mol. The molecular formula is C34H21Cl. The molecule has 1 heteroatoms. The SMILES string of the molecule is Clc1ccc(-c2ccc3c(ccc4ccccc43)c2)cc1-c1ccc2ccc3ccccc3c2c1. The Balaban J connectivity index is 1.38. The molecule has 0 aromatic heterocycles. The van der Waals surface area contributed by atoms with Gasteiger partial charge < -0.3 is 0 Å². The first kappa shape index (κ1) is 20.3. The van der Waals surface area contributed by atoms with Gasteiger partial charge in [-0.15, -0.1) is 0 Å². The van der Waals surface area contributed by atoms with Gasteiger partial charge in [-0.2, -0.15) is 0 Å². The number of fused-ring (bicyclic) bond motifs is 6. The predicted octanol–water partition coefficient (Wildman–Crippen LogP) is 10.3. The van der Waals surface area contributed by atoms with E-state index in [1.54, 1.807) is 0 Å². The molecule has 0 spiro atoms. The Kier molecular flexibility index (Phi) is 4.62. The smallest absolute Gasteiger partial charge is 0.0484 e. The fourth-order valence-corrected chi connectivity index (χ4v) is 5.51. The fourth-order valence-electron chi connectivity index (χ4n) is 5.29. The number of halogens is 1. The van der Waals surface area contributed by atoms with E-state index in [9.17, 15) is 0 Å². The van der Waals surface area contributed by atoms with Crippen molar-refractivity contribution in [2.24, 2.45) is 0 Å². The lowest BCUT2D eigenvalue weighted by Crippen LogP contribution is -1.86. The van der Waals surface area contributed by atoms with Crippen LogP contribution in [0, 0.1) is 0 Å². The molecule has 0 N–H and O–H groups in total. The van der Waals surface area contributed by atoms with Crippen molar-refractivity contribution in [2.75, 3.05) is 0 Å². The standard InChI is InChI=1S/C34H21Cl/c35-34-18-16-26(25-15-17-31-27(19-25)13-11-22-5-1-3-7-29(22)31)20-33(34)28-14-12-24-10-9-23-6-2-4-8-30(23)32(24)21-28/h1-21H. The van der Waals surface area contributed by atoms with Gasteiger partial charge in [0.1, 0.15) is 0 Å². The van der Waals surface area contributed by atoms with E-state index in [-0.39, 0.29) is 0 Å². The van der Waals surface area contributed by atoms with Crippen LogP contribution in [0.15, 0.2) is 127 Å². The highest BCUT2D eigenvalue weighted by atomic mass is 35.5. The minimum Gasteiger partial charge on any atom is -0.0837 e. The average Bonchev–Trinajstić information content (AvgIpc) is 2.92. The normalized spacial score (nSPS) is 11.6. The summed E-state index contributed by atoms with van der Waals surface area (Å²) in [5.74, 6) is 0. The molecule has 0 aliphatic heterocycles. The van der Waals surface area contributed by atoms with Crippen molar-refractivity contribution < 1.29 is 0 Å². The van der Waals surface area contributed by atoms with Crippen molar-refractivity contribution in [1.29, 1.82) is 0 Å². The molecule has 0 atom stereocenters. The first-order valence-electron chi connectivity index (χ1n) is 11.9. The Morgan fingerprint density at radius 1 is 0.343 bits per heavy atom. The van der Waals surface area contributed by atoms with Gasteiger partial charge in [0.15, 0.2) is 0 Å². The van der Waals surface area contributed by atoms with E-state index >= 15 is 0 Å². The molecule has 0 bridgehead atoms. The Morgan fingerprint density at radius 2 is 0.857 bits per heavy atom. The molecule has 35 heavy (non-hydrogen) atoms. The van der Waals surface area contributed by atoms with Gasteiger partial charge >= 0.3 is 0 Å². The maximum Gasteiger partial charge on any atom is 0.0484 e. The van der Waals surface area contributed by atoms with Gasteiger partial charge in [0.05, 0.1) is 0 Å². The second kappa shape index (κ2) is 7.98. The zero-order chi connectivity index (χ0) is 23.4. The summed E-state index contributed by atoms with van der Waals surface area (Å²) < 4.78 is 0. The van der Waals surface area contributed by atoms with Crippen molar-refractivity contribution in [2.45, 2.75) is 0 Å². The van der Waals surface area contributed by atoms with E-state index in [1.165, 1.54) is 48.7 Å². The summed E-state index contributed by atoms with van der Waals surface area (Å²) in [6.45, 7) is 0. The zero-order valence-electron chi connectivity index (χ0n) is 19.0. The minimum atomic E-state index is 0.764. The predicted molar refractivity (Wildman–Crippen MR) is 152 cm³/mol. The van der Waals surface area contributed by atoms with E-state index < -0.39 is 0 Å². The van der Waals surface area contributed by atoms with E-state index in [0.717, 1.165) is 21.7 Å². The Hall–Kier alpha value is -4.13. The van der Waals surface area contributed by atoms with Gasteiger partial charge in [-0.05, 0) is 84.0 Å². The van der Waals surface area contributed by atoms with E-state index in [0.29, 0.717) is 0 Å². The lowest BCUT2D eigenvalue weighted by Gasteiger charge is -2.12. The molecule has 7 rings (SSSR count). The quantitative estimate of drug-likeness (QED) is 0.223. The highest BCUT2D eigenvalue weighted by molar-refractivity contribution is 6.33. The number of hydrogen-bond acceptors (Lipinski definition) is 0. The van der Waals surface area contributed by atoms with Crippen LogP contribution in [0.3, 0.4) is 0 Å². The van der Waals surface area contributed by atoms with Crippen LogP contribution in [0.2, 0.25) is 5.02 Å². The van der Waals surface area contributed by atoms with E-state index in [2.05, 4.69) is 121 Å². The third kappa shape index (κ3) is 3.38. The lowest BCUT2D eigenvalue weighted by molar-refractivity contribution is 1.62. The molecule has 0 nitrogen and oxygen atoms in total. The summed E-state index contributed by atoms with van der Waals surface area (Å²) in [5, 5.41) is 10.8. The molecule has 0 saturated carbocycles. The summed E-state index contributed by atoms with van der Waals surface area (Å²) in [7, 11) is 0. The molecule has 7 aromatic rings. The van der Waals surface area contributed by atoms with Crippen LogP contribution in [0.5, 0.6) is 0 Å². The maximum absolute atomic E-state index is 6.75. The van der Waals surface area contributed by atoms with Gasteiger partial charge in [0, 0.05) is 10.6 Å². The topological polar surface area (TPSA) is 0 Å². The first-order valence-corrected chi connectivity index (χ1v) is 12.3. The summed E-state index contributed by atoms with van der Waals surface area (Å²) >= 11 is 6.75. The van der Waals surface area contributed by atoms with Crippen molar-refractivity contribution in [1.82, 2.24) is 0 Å². The largest absolute Gasteiger partial charge is 0.0837 e. The molecule has 0 heterocycles. The highest BCUT2D eigenvalue weighted by Gasteiger charge is 2.10. The van der Waals surface area contributed by atoms with Crippen LogP contribution in [0.4, 0.5) is 0 Å². The Bertz CT molecular complexity index is 1910. The van der Waals surface area contributed by atoms with Crippen LogP contribution in [0.25, 0.3) is 65.3 Å². The minimum absolute atomic E-state index is 0.764. The molecule has 0 aliphatic rings. The van der Waals surface area contributed by atoms with Crippen LogP contribution >= 0.6 is 11.6 Å². The number of rotatable bonds is 2. The molecular weight excluding hydrogens is 444 g/mol. The average molecular weight is 465 g/mol. The maximum atomic E-state index is 6.75. The zero-order valence-corrected chi connectivity index (χ0v) is 19.8. The van der Waals surface area contributed by atoms with Crippen molar-refractivity contribution in [3.63, 3.8) is 0 Å². The molecule has 0 unspecified atom stereocenters. The highest BCUT2D eigenvalue weighted by Crippen LogP contribution is 2.37. The van der Waals surface area contributed by atoms with E-state index in [1.807, 2.05) is 6.07 Å². The van der Waals surface area contributed by atoms with E-state index in [4.69, 9.17) is 11.6 Å². The van der Waals surface area contributed by atoms with Crippen molar-refractivity contribution in [3.8, 4) is 22.3 Å². The van der Waals surface area contributed by atoms with Gasteiger partial charge in [0.2, 0.25) is 0 Å². The Morgan fingerprint density at radius 3 is 1.63 bits per heavy atom. The second-order valence-electron chi connectivity index (χ2n) is 9.14. The van der Waals surface area contributed by atoms with Gasteiger partial charge in [-0.3, -0.25) is 0 Å². The molecule has 7 aromatic carbocycles. The van der Waals surface area contributed by atoms with Gasteiger partial charge in [0.25, 0.3) is 0 Å². The van der Waals surface area contributed by atoms with Gasteiger partial charge in [-0.25, -0.2) is 0 Å². The van der Waals surface area contributed by atoms with Crippen LogP contribution in [0.1, 0.15) is 0 Å². The summed E-state index contributed by atoms with van der Waals surface area (Å²) in [5.41, 5.74) is 4.54. The summed E-state index contributed by atoms with van der Waals surface area (Å²) in [6.07, 6.45) is 0. The molecule has 0 aliphatic carbocycles. The van der Waals surface area contributed by atoms with Crippen LogP contribution < -0.4 is 0 Å². The lowest BCUT2D eigenvalue weighted by atomic mass is 9.94. The summed E-state index contributed by atoms with van der Waals surface area (Å²) in [6, 6.07) is 45.6. The van der Waals surface area contributed by atoms with Crippen LogP contribution in [-0.2, 0) is 0 Å². The Labute approximate surface area is 209 Å². The number of hydrogen-bond donors (Lipinski definition) is 0. The molecule has 0 radical (unpaired) electrons. The second-order valence-corrected chi connectivity index (χ2v) is 9.55. The molecule has 0 fully saturated rings. The van der Waals surface area contributed by atoms with Crippen molar-refractivity contribution in [3.05, 3.63) is 132 Å². The fraction of sp³-hybridized carbons (Fsp3) is 0. The van der Waals surface area contributed by atoms with Crippen LogP contribution in [-0.4, -0.2) is 0 Å².